The van der Waals surface area contributed by atoms with E-state index in [1.807, 2.05) is 13.0 Å². The van der Waals surface area contributed by atoms with E-state index in [1.54, 1.807) is 7.11 Å². The SMILES string of the molecule is COCCOCCCNC(=O)c1cc(C)c(C#CCN)s1. The Balaban J connectivity index is 2.32. The summed E-state index contributed by atoms with van der Waals surface area (Å²) in [7, 11) is 1.64. The second-order valence-electron chi connectivity index (χ2n) is 4.34. The van der Waals surface area contributed by atoms with Crippen LogP contribution in [0.1, 0.15) is 26.5 Å². The van der Waals surface area contributed by atoms with E-state index in [9.17, 15) is 4.79 Å². The number of rotatable bonds is 8. The Hall–Kier alpha value is -1.39. The molecule has 0 aliphatic heterocycles. The van der Waals surface area contributed by atoms with Crippen molar-refractivity contribution in [3.8, 4) is 11.8 Å². The molecule has 1 aromatic rings. The predicted molar refractivity (Wildman–Crippen MR) is 84.6 cm³/mol. The lowest BCUT2D eigenvalue weighted by Gasteiger charge is -2.04. The monoisotopic (exact) mass is 310 g/mol. The summed E-state index contributed by atoms with van der Waals surface area (Å²) < 4.78 is 10.2. The molecule has 5 nitrogen and oxygen atoms in total. The summed E-state index contributed by atoms with van der Waals surface area (Å²) in [5.74, 6) is 5.71. The lowest BCUT2D eigenvalue weighted by atomic mass is 10.2. The van der Waals surface area contributed by atoms with E-state index in [2.05, 4.69) is 17.2 Å². The van der Waals surface area contributed by atoms with Crippen LogP contribution in [0.4, 0.5) is 0 Å². The van der Waals surface area contributed by atoms with Crippen molar-refractivity contribution >= 4 is 17.2 Å². The second kappa shape index (κ2) is 10.4. The minimum absolute atomic E-state index is 0.0687. The molecule has 1 rings (SSSR count). The van der Waals surface area contributed by atoms with Gasteiger partial charge in [-0.1, -0.05) is 11.8 Å². The molecule has 0 aliphatic rings. The standard InChI is InChI=1S/C15H22N2O3S/c1-12-11-14(21-13(12)5-3-6-16)15(18)17-7-4-8-20-10-9-19-2/h11H,4,6-10,16H2,1-2H3,(H,17,18). The van der Waals surface area contributed by atoms with Crippen LogP contribution in [0, 0.1) is 18.8 Å². The van der Waals surface area contributed by atoms with E-state index in [4.69, 9.17) is 15.2 Å². The molecule has 3 N–H and O–H groups in total. The van der Waals surface area contributed by atoms with Crippen LogP contribution in [0.25, 0.3) is 0 Å². The molecule has 6 heteroatoms. The molecule has 0 spiro atoms. The third kappa shape index (κ3) is 6.74. The van der Waals surface area contributed by atoms with E-state index in [1.165, 1.54) is 11.3 Å². The quantitative estimate of drug-likeness (QED) is 0.558. The Kier molecular flexibility index (Phi) is 8.71. The first-order valence-corrected chi connectivity index (χ1v) is 7.65. The first-order chi connectivity index (χ1) is 10.2. The van der Waals surface area contributed by atoms with Crippen LogP contribution in [-0.4, -0.2) is 45.9 Å². The highest BCUT2D eigenvalue weighted by atomic mass is 32.1. The van der Waals surface area contributed by atoms with Crippen molar-refractivity contribution in [2.24, 2.45) is 5.73 Å². The summed E-state index contributed by atoms with van der Waals surface area (Å²) in [6, 6.07) is 1.86. The molecule has 0 aliphatic carbocycles. The molecule has 0 atom stereocenters. The topological polar surface area (TPSA) is 73.6 Å². The minimum atomic E-state index is -0.0687. The highest BCUT2D eigenvalue weighted by molar-refractivity contribution is 7.14. The van der Waals surface area contributed by atoms with Gasteiger partial charge in [0, 0.05) is 20.3 Å². The van der Waals surface area contributed by atoms with Crippen LogP contribution in [0.5, 0.6) is 0 Å². The number of nitrogens with two attached hydrogens (primary N) is 1. The van der Waals surface area contributed by atoms with Crippen LogP contribution < -0.4 is 11.1 Å². The number of carbonyl (C=O) groups is 1. The van der Waals surface area contributed by atoms with Gasteiger partial charge in [-0.3, -0.25) is 4.79 Å². The summed E-state index contributed by atoms with van der Waals surface area (Å²) >= 11 is 1.39. The van der Waals surface area contributed by atoms with Gasteiger partial charge < -0.3 is 20.5 Å². The fourth-order valence-corrected chi connectivity index (χ4v) is 2.52. The smallest absolute Gasteiger partial charge is 0.261 e. The van der Waals surface area contributed by atoms with E-state index < -0.39 is 0 Å². The van der Waals surface area contributed by atoms with Crippen molar-refractivity contribution in [2.75, 3.05) is 40.0 Å². The summed E-state index contributed by atoms with van der Waals surface area (Å²) in [4.78, 5) is 13.6. The molecule has 1 heterocycles. The van der Waals surface area contributed by atoms with Gasteiger partial charge in [0.15, 0.2) is 0 Å². The first-order valence-electron chi connectivity index (χ1n) is 6.83. The molecule has 0 radical (unpaired) electrons. The fraction of sp³-hybridized carbons (Fsp3) is 0.533. The van der Waals surface area contributed by atoms with Gasteiger partial charge in [-0.15, -0.1) is 11.3 Å². The third-order valence-electron chi connectivity index (χ3n) is 2.63. The molecule has 1 aromatic heterocycles. The van der Waals surface area contributed by atoms with Gasteiger partial charge in [-0.2, -0.15) is 0 Å². The van der Waals surface area contributed by atoms with Gasteiger partial charge in [0.25, 0.3) is 5.91 Å². The van der Waals surface area contributed by atoms with Crippen molar-refractivity contribution in [1.29, 1.82) is 0 Å². The number of nitrogens with one attached hydrogen (secondary N) is 1. The number of thiophene rings is 1. The summed E-state index contributed by atoms with van der Waals surface area (Å²) in [5, 5.41) is 2.87. The van der Waals surface area contributed by atoms with Crippen molar-refractivity contribution in [3.63, 3.8) is 0 Å². The van der Waals surface area contributed by atoms with E-state index in [-0.39, 0.29) is 5.91 Å². The predicted octanol–water partition coefficient (Wildman–Crippen LogP) is 1.15. The van der Waals surface area contributed by atoms with Crippen molar-refractivity contribution in [1.82, 2.24) is 5.32 Å². The molecule has 0 unspecified atom stereocenters. The molecule has 0 aromatic carbocycles. The molecule has 21 heavy (non-hydrogen) atoms. The molecule has 116 valence electrons. The van der Waals surface area contributed by atoms with Crippen molar-refractivity contribution in [3.05, 3.63) is 21.4 Å². The first kappa shape index (κ1) is 17.7. The maximum absolute atomic E-state index is 12.0. The van der Waals surface area contributed by atoms with Crippen LogP contribution in [0.15, 0.2) is 6.07 Å². The average molecular weight is 310 g/mol. The van der Waals surface area contributed by atoms with Gasteiger partial charge >= 0.3 is 0 Å². The number of hydrogen-bond acceptors (Lipinski definition) is 5. The highest BCUT2D eigenvalue weighted by Gasteiger charge is 2.10. The van der Waals surface area contributed by atoms with Crippen LogP contribution in [0.2, 0.25) is 0 Å². The van der Waals surface area contributed by atoms with Gasteiger partial charge in [0.2, 0.25) is 0 Å². The largest absolute Gasteiger partial charge is 0.382 e. The Morgan fingerprint density at radius 2 is 2.24 bits per heavy atom. The van der Waals surface area contributed by atoms with E-state index in [0.29, 0.717) is 37.8 Å². The van der Waals surface area contributed by atoms with Gasteiger partial charge in [0.05, 0.1) is 29.5 Å². The lowest BCUT2D eigenvalue weighted by molar-refractivity contribution is 0.0688. The molecule has 0 saturated carbocycles. The zero-order valence-electron chi connectivity index (χ0n) is 12.5. The van der Waals surface area contributed by atoms with Crippen molar-refractivity contribution in [2.45, 2.75) is 13.3 Å². The highest BCUT2D eigenvalue weighted by Crippen LogP contribution is 2.20. The number of methoxy groups -OCH3 is 1. The lowest BCUT2D eigenvalue weighted by Crippen LogP contribution is -2.24. The van der Waals surface area contributed by atoms with Gasteiger partial charge in [-0.25, -0.2) is 0 Å². The number of hydrogen-bond donors (Lipinski definition) is 2. The van der Waals surface area contributed by atoms with E-state index >= 15 is 0 Å². The minimum Gasteiger partial charge on any atom is -0.382 e. The molecule has 0 saturated heterocycles. The van der Waals surface area contributed by atoms with Crippen LogP contribution in [0.3, 0.4) is 0 Å². The summed E-state index contributed by atoms with van der Waals surface area (Å²) in [6.07, 6.45) is 0.777. The van der Waals surface area contributed by atoms with Crippen LogP contribution in [-0.2, 0) is 9.47 Å². The second-order valence-corrected chi connectivity index (χ2v) is 5.40. The third-order valence-corrected chi connectivity index (χ3v) is 3.78. The molecule has 0 fully saturated rings. The van der Waals surface area contributed by atoms with Crippen molar-refractivity contribution < 1.29 is 14.3 Å². The maximum Gasteiger partial charge on any atom is 0.261 e. The Labute approximate surface area is 129 Å². The fourth-order valence-electron chi connectivity index (χ4n) is 1.56. The van der Waals surface area contributed by atoms with Gasteiger partial charge in [0.1, 0.15) is 0 Å². The molecular formula is C15H22N2O3S. The Morgan fingerprint density at radius 3 is 2.95 bits per heavy atom. The Morgan fingerprint density at radius 1 is 1.43 bits per heavy atom. The maximum atomic E-state index is 12.0. The molecular weight excluding hydrogens is 288 g/mol. The number of ether oxygens (including phenoxy) is 2. The summed E-state index contributed by atoms with van der Waals surface area (Å²) in [5.41, 5.74) is 6.36. The normalized spacial score (nSPS) is 10.0. The van der Waals surface area contributed by atoms with Gasteiger partial charge in [-0.05, 0) is 25.0 Å². The zero-order chi connectivity index (χ0) is 15.5. The zero-order valence-corrected chi connectivity index (χ0v) is 13.3. The molecule has 0 bridgehead atoms. The molecule has 1 amide bonds. The van der Waals surface area contributed by atoms with E-state index in [0.717, 1.165) is 16.9 Å². The average Bonchev–Trinajstić information content (AvgIpc) is 2.85. The number of aryl methyl sites for hydroxylation is 1. The van der Waals surface area contributed by atoms with Crippen LogP contribution >= 0.6 is 11.3 Å². The summed E-state index contributed by atoms with van der Waals surface area (Å²) in [6.45, 7) is 4.64. The number of amides is 1. The number of carbonyl (C=O) groups excluding carboxylic acids is 1. The Bertz CT molecular complexity index is 503.